The Hall–Kier alpha value is -2.73. The molecule has 1 amide bonds. The number of pyridine rings is 1. The van der Waals surface area contributed by atoms with Crippen LogP contribution in [-0.2, 0) is 12.8 Å². The fourth-order valence-electron chi connectivity index (χ4n) is 2.99. The average molecular weight is 365 g/mol. The van der Waals surface area contributed by atoms with Crippen molar-refractivity contribution in [2.75, 3.05) is 13.2 Å². The molecule has 0 atom stereocenters. The zero-order valence-electron chi connectivity index (χ0n) is 14.5. The molecule has 1 aliphatic heterocycles. The highest BCUT2D eigenvalue weighted by molar-refractivity contribution is 7.17. The summed E-state index contributed by atoms with van der Waals surface area (Å²) in [5.74, 6) is 0.904. The van der Waals surface area contributed by atoms with Gasteiger partial charge >= 0.3 is 0 Å². The van der Waals surface area contributed by atoms with Gasteiger partial charge in [-0.05, 0) is 42.7 Å². The molecule has 3 heterocycles. The summed E-state index contributed by atoms with van der Waals surface area (Å²) in [4.78, 5) is 21.8. The first-order valence-electron chi connectivity index (χ1n) is 8.61. The molecule has 6 heteroatoms. The van der Waals surface area contributed by atoms with E-state index in [1.807, 2.05) is 19.1 Å². The van der Waals surface area contributed by atoms with Gasteiger partial charge in [0.25, 0.3) is 5.91 Å². The summed E-state index contributed by atoms with van der Waals surface area (Å²) in [7, 11) is 0. The third-order valence-electron chi connectivity index (χ3n) is 4.37. The van der Waals surface area contributed by atoms with Gasteiger partial charge in [-0.2, -0.15) is 0 Å². The van der Waals surface area contributed by atoms with Gasteiger partial charge in [-0.25, -0.2) is 4.98 Å². The van der Waals surface area contributed by atoms with Crippen LogP contribution < -0.4 is 10.1 Å². The molecule has 26 heavy (non-hydrogen) atoms. The van der Waals surface area contributed by atoms with Crippen LogP contribution in [0, 0.1) is 6.92 Å². The number of thiazole rings is 1. The quantitative estimate of drug-likeness (QED) is 0.752. The van der Waals surface area contributed by atoms with Gasteiger partial charge in [0.2, 0.25) is 0 Å². The molecule has 0 fully saturated rings. The van der Waals surface area contributed by atoms with Crippen LogP contribution in [0.25, 0.3) is 10.6 Å². The van der Waals surface area contributed by atoms with Gasteiger partial charge in [-0.3, -0.25) is 9.78 Å². The lowest BCUT2D eigenvalue weighted by Gasteiger charge is -2.06. The smallest absolute Gasteiger partial charge is 0.263 e. The Morgan fingerprint density at radius 1 is 1.35 bits per heavy atom. The van der Waals surface area contributed by atoms with Crippen LogP contribution in [0.4, 0.5) is 0 Å². The molecule has 0 aliphatic carbocycles. The number of carbonyl (C=O) groups is 1. The van der Waals surface area contributed by atoms with Crippen molar-refractivity contribution in [1.82, 2.24) is 15.3 Å². The molecule has 0 bridgehead atoms. The Kier molecular flexibility index (Phi) is 4.67. The minimum absolute atomic E-state index is 0.0763. The molecular weight excluding hydrogens is 346 g/mol. The first-order chi connectivity index (χ1) is 12.7. The van der Waals surface area contributed by atoms with E-state index in [9.17, 15) is 4.79 Å². The summed E-state index contributed by atoms with van der Waals surface area (Å²) < 4.78 is 5.60. The number of benzene rings is 1. The van der Waals surface area contributed by atoms with Crippen LogP contribution in [0.2, 0.25) is 0 Å². The minimum atomic E-state index is -0.0763. The van der Waals surface area contributed by atoms with Crippen LogP contribution in [-0.4, -0.2) is 29.0 Å². The van der Waals surface area contributed by atoms with Gasteiger partial charge in [-0.15, -0.1) is 11.3 Å². The summed E-state index contributed by atoms with van der Waals surface area (Å²) in [6.45, 7) is 3.21. The SMILES string of the molecule is Cc1nc(-c2cccnc2)sc1C(=O)NCCc1ccc2c(c1)OCC2. The molecule has 1 aromatic carbocycles. The molecule has 0 saturated carbocycles. The second kappa shape index (κ2) is 7.25. The van der Waals surface area contributed by atoms with Gasteiger partial charge in [0.05, 0.1) is 12.3 Å². The molecule has 0 radical (unpaired) electrons. The Labute approximate surface area is 156 Å². The van der Waals surface area contributed by atoms with Crippen LogP contribution in [0.1, 0.15) is 26.5 Å². The van der Waals surface area contributed by atoms with Gasteiger partial charge in [0.1, 0.15) is 15.6 Å². The van der Waals surface area contributed by atoms with Crippen molar-refractivity contribution >= 4 is 17.2 Å². The number of hydrogen-bond acceptors (Lipinski definition) is 5. The van der Waals surface area contributed by atoms with E-state index in [0.717, 1.165) is 41.5 Å². The Balaban J connectivity index is 1.39. The van der Waals surface area contributed by atoms with Gasteiger partial charge in [-0.1, -0.05) is 12.1 Å². The van der Waals surface area contributed by atoms with Crippen molar-refractivity contribution in [2.45, 2.75) is 19.8 Å². The number of ether oxygens (including phenoxy) is 1. The molecule has 0 unspecified atom stereocenters. The third-order valence-corrected chi connectivity index (χ3v) is 5.58. The summed E-state index contributed by atoms with van der Waals surface area (Å²) >= 11 is 1.40. The van der Waals surface area contributed by atoms with Crippen molar-refractivity contribution in [3.8, 4) is 16.3 Å². The van der Waals surface area contributed by atoms with Crippen LogP contribution in [0.3, 0.4) is 0 Å². The second-order valence-electron chi connectivity index (χ2n) is 6.22. The van der Waals surface area contributed by atoms with Crippen molar-refractivity contribution < 1.29 is 9.53 Å². The number of aryl methyl sites for hydroxylation is 1. The fraction of sp³-hybridized carbons (Fsp3) is 0.250. The van der Waals surface area contributed by atoms with Crippen LogP contribution in [0.15, 0.2) is 42.7 Å². The van der Waals surface area contributed by atoms with E-state index >= 15 is 0 Å². The molecule has 1 N–H and O–H groups in total. The Bertz CT molecular complexity index is 937. The summed E-state index contributed by atoms with van der Waals surface area (Å²) in [5.41, 5.74) is 4.11. The van der Waals surface area contributed by atoms with Crippen molar-refractivity contribution in [3.05, 3.63) is 64.4 Å². The zero-order valence-corrected chi connectivity index (χ0v) is 15.3. The van der Waals surface area contributed by atoms with Gasteiger partial charge < -0.3 is 10.1 Å². The molecule has 132 valence electrons. The number of hydrogen-bond donors (Lipinski definition) is 1. The maximum atomic E-state index is 12.5. The number of carbonyl (C=O) groups excluding carboxylic acids is 1. The lowest BCUT2D eigenvalue weighted by molar-refractivity contribution is 0.0957. The van der Waals surface area contributed by atoms with E-state index in [1.54, 1.807) is 12.4 Å². The lowest BCUT2D eigenvalue weighted by atomic mass is 10.1. The number of amides is 1. The summed E-state index contributed by atoms with van der Waals surface area (Å²) in [6, 6.07) is 10.1. The van der Waals surface area contributed by atoms with E-state index in [-0.39, 0.29) is 5.91 Å². The molecule has 0 spiro atoms. The van der Waals surface area contributed by atoms with Crippen LogP contribution >= 0.6 is 11.3 Å². The van der Waals surface area contributed by atoms with Gasteiger partial charge in [0.15, 0.2) is 0 Å². The van der Waals surface area contributed by atoms with Gasteiger partial charge in [0, 0.05) is 30.9 Å². The highest BCUT2D eigenvalue weighted by atomic mass is 32.1. The number of fused-ring (bicyclic) bond motifs is 1. The minimum Gasteiger partial charge on any atom is -0.493 e. The molecule has 5 nitrogen and oxygen atoms in total. The molecule has 0 saturated heterocycles. The maximum Gasteiger partial charge on any atom is 0.263 e. The molecule has 3 aromatic rings. The van der Waals surface area contributed by atoms with Crippen molar-refractivity contribution in [2.24, 2.45) is 0 Å². The highest BCUT2D eigenvalue weighted by Crippen LogP contribution is 2.28. The predicted octanol–water partition coefficient (Wildman–Crippen LogP) is 3.42. The number of rotatable bonds is 5. The Morgan fingerprint density at radius 2 is 2.27 bits per heavy atom. The normalized spacial score (nSPS) is 12.5. The summed E-state index contributed by atoms with van der Waals surface area (Å²) in [5, 5.41) is 3.81. The standard InChI is InChI=1S/C20H19N3O2S/c1-13-18(26-20(23-13)16-3-2-8-21-12-16)19(24)22-9-6-14-4-5-15-7-10-25-17(15)11-14/h2-5,8,11-12H,6-7,9-10H2,1H3,(H,22,24). The van der Waals surface area contributed by atoms with E-state index in [2.05, 4.69) is 33.5 Å². The predicted molar refractivity (Wildman–Crippen MR) is 102 cm³/mol. The highest BCUT2D eigenvalue weighted by Gasteiger charge is 2.16. The first-order valence-corrected chi connectivity index (χ1v) is 9.43. The fourth-order valence-corrected chi connectivity index (χ4v) is 3.96. The largest absolute Gasteiger partial charge is 0.493 e. The molecular formula is C20H19N3O2S. The molecule has 2 aromatic heterocycles. The van der Waals surface area contributed by atoms with E-state index < -0.39 is 0 Å². The topological polar surface area (TPSA) is 64.1 Å². The lowest BCUT2D eigenvalue weighted by Crippen LogP contribution is -2.25. The monoisotopic (exact) mass is 365 g/mol. The molecule has 1 aliphatic rings. The average Bonchev–Trinajstić information content (AvgIpc) is 3.28. The van der Waals surface area contributed by atoms with E-state index in [1.165, 1.54) is 22.5 Å². The third kappa shape index (κ3) is 3.46. The Morgan fingerprint density at radius 3 is 3.12 bits per heavy atom. The van der Waals surface area contributed by atoms with Crippen molar-refractivity contribution in [1.29, 1.82) is 0 Å². The van der Waals surface area contributed by atoms with E-state index in [4.69, 9.17) is 4.74 Å². The first kappa shape index (κ1) is 16.7. The second-order valence-corrected chi connectivity index (χ2v) is 7.22. The zero-order chi connectivity index (χ0) is 17.9. The number of nitrogens with zero attached hydrogens (tertiary/aromatic N) is 2. The number of aromatic nitrogens is 2. The summed E-state index contributed by atoms with van der Waals surface area (Å²) in [6.07, 6.45) is 5.24. The van der Waals surface area contributed by atoms with Crippen molar-refractivity contribution in [3.63, 3.8) is 0 Å². The van der Waals surface area contributed by atoms with Crippen LogP contribution in [0.5, 0.6) is 5.75 Å². The van der Waals surface area contributed by atoms with E-state index in [0.29, 0.717) is 11.4 Å². The maximum absolute atomic E-state index is 12.5. The molecule has 4 rings (SSSR count). The number of nitrogens with one attached hydrogen (secondary N) is 1.